The Bertz CT molecular complexity index is 540. The van der Waals surface area contributed by atoms with Gasteiger partial charge in [-0.15, -0.1) is 0 Å². The average molecular weight is 262 g/mol. The molecule has 0 saturated heterocycles. The first-order valence-corrected chi connectivity index (χ1v) is 6.30. The zero-order chi connectivity index (χ0) is 13.0. The number of hydrogen-bond acceptors (Lipinski definition) is 2. The van der Waals surface area contributed by atoms with Crippen LogP contribution >= 0.6 is 11.6 Å². The van der Waals surface area contributed by atoms with Gasteiger partial charge in [0.1, 0.15) is 11.5 Å². The van der Waals surface area contributed by atoms with Crippen molar-refractivity contribution in [1.82, 2.24) is 0 Å². The minimum absolute atomic E-state index is 0.614. The van der Waals surface area contributed by atoms with Gasteiger partial charge < -0.3 is 10.5 Å². The fourth-order valence-electron chi connectivity index (χ4n) is 1.79. The van der Waals surface area contributed by atoms with Crippen molar-refractivity contribution >= 4 is 11.6 Å². The van der Waals surface area contributed by atoms with Crippen molar-refractivity contribution in [1.29, 1.82) is 0 Å². The van der Waals surface area contributed by atoms with Gasteiger partial charge in [-0.05, 0) is 49.2 Å². The van der Waals surface area contributed by atoms with Crippen LogP contribution in [0.3, 0.4) is 0 Å². The lowest BCUT2D eigenvalue weighted by Crippen LogP contribution is -2.02. The van der Waals surface area contributed by atoms with Crippen LogP contribution in [0.1, 0.15) is 11.1 Å². The minimum atomic E-state index is 0.614. The highest BCUT2D eigenvalue weighted by atomic mass is 35.5. The molecular weight excluding hydrogens is 246 g/mol. The number of halogens is 1. The Balaban J connectivity index is 2.22. The predicted molar refractivity (Wildman–Crippen MR) is 75.5 cm³/mol. The second kappa shape index (κ2) is 5.89. The van der Waals surface area contributed by atoms with E-state index in [0.717, 1.165) is 17.7 Å². The highest BCUT2D eigenvalue weighted by molar-refractivity contribution is 6.32. The van der Waals surface area contributed by atoms with Gasteiger partial charge in [0.2, 0.25) is 0 Å². The fraction of sp³-hybridized carbons (Fsp3) is 0.200. The van der Waals surface area contributed by atoms with Gasteiger partial charge in [0, 0.05) is 0 Å². The number of ether oxygens (including phenoxy) is 1. The molecule has 0 saturated carbocycles. The van der Waals surface area contributed by atoms with Crippen molar-refractivity contribution in [3.63, 3.8) is 0 Å². The van der Waals surface area contributed by atoms with Gasteiger partial charge >= 0.3 is 0 Å². The van der Waals surface area contributed by atoms with Crippen LogP contribution in [-0.4, -0.2) is 6.54 Å². The largest absolute Gasteiger partial charge is 0.456 e. The number of hydrogen-bond donors (Lipinski definition) is 1. The summed E-state index contributed by atoms with van der Waals surface area (Å²) in [6, 6.07) is 13.5. The Morgan fingerprint density at radius 1 is 1.11 bits per heavy atom. The van der Waals surface area contributed by atoms with Crippen LogP contribution in [0.25, 0.3) is 0 Å². The molecule has 0 amide bonds. The third-order valence-electron chi connectivity index (χ3n) is 2.73. The minimum Gasteiger partial charge on any atom is -0.456 e. The molecule has 2 nitrogen and oxygen atoms in total. The van der Waals surface area contributed by atoms with Crippen molar-refractivity contribution in [2.24, 2.45) is 5.73 Å². The van der Waals surface area contributed by atoms with E-state index in [0.29, 0.717) is 17.3 Å². The summed E-state index contributed by atoms with van der Waals surface area (Å²) in [5.41, 5.74) is 7.85. The molecule has 2 N–H and O–H groups in total. The maximum absolute atomic E-state index is 6.07. The average Bonchev–Trinajstić information content (AvgIpc) is 2.35. The predicted octanol–water partition coefficient (Wildman–Crippen LogP) is 3.94. The van der Waals surface area contributed by atoms with Gasteiger partial charge in [-0.2, -0.15) is 0 Å². The van der Waals surface area contributed by atoms with Gasteiger partial charge in [-0.3, -0.25) is 0 Å². The van der Waals surface area contributed by atoms with Crippen molar-refractivity contribution in [2.75, 3.05) is 6.54 Å². The van der Waals surface area contributed by atoms with E-state index in [-0.39, 0.29) is 0 Å². The van der Waals surface area contributed by atoms with E-state index in [2.05, 4.69) is 6.07 Å². The van der Waals surface area contributed by atoms with E-state index in [1.165, 1.54) is 5.56 Å². The molecule has 0 unspecified atom stereocenters. The standard InChI is InChI=1S/C15H16ClNO/c1-11-10-12(8-9-17)6-7-14(11)18-15-5-3-2-4-13(15)16/h2-7,10H,8-9,17H2,1H3. The molecule has 0 aliphatic heterocycles. The number of para-hydroxylation sites is 1. The molecule has 0 aliphatic carbocycles. The summed E-state index contributed by atoms with van der Waals surface area (Å²) < 4.78 is 5.81. The molecule has 2 rings (SSSR count). The molecule has 0 fully saturated rings. The highest BCUT2D eigenvalue weighted by Gasteiger charge is 2.05. The van der Waals surface area contributed by atoms with E-state index in [9.17, 15) is 0 Å². The summed E-state index contributed by atoms with van der Waals surface area (Å²) in [6.45, 7) is 2.68. The molecule has 2 aromatic rings. The van der Waals surface area contributed by atoms with Crippen molar-refractivity contribution < 1.29 is 4.74 Å². The zero-order valence-electron chi connectivity index (χ0n) is 10.3. The van der Waals surface area contributed by atoms with Crippen molar-refractivity contribution in [3.8, 4) is 11.5 Å². The molecule has 0 spiro atoms. The first-order valence-electron chi connectivity index (χ1n) is 5.92. The summed E-state index contributed by atoms with van der Waals surface area (Å²) in [4.78, 5) is 0. The fourth-order valence-corrected chi connectivity index (χ4v) is 1.97. The smallest absolute Gasteiger partial charge is 0.146 e. The second-order valence-corrected chi connectivity index (χ2v) is 4.58. The summed E-state index contributed by atoms with van der Waals surface area (Å²) in [5, 5.41) is 0.614. The first-order chi connectivity index (χ1) is 8.70. The summed E-state index contributed by atoms with van der Waals surface area (Å²) in [5.74, 6) is 1.50. The lowest BCUT2D eigenvalue weighted by atomic mass is 10.1. The number of aryl methyl sites for hydroxylation is 1. The highest BCUT2D eigenvalue weighted by Crippen LogP contribution is 2.31. The summed E-state index contributed by atoms with van der Waals surface area (Å²) in [7, 11) is 0. The first kappa shape index (κ1) is 12.9. The van der Waals surface area contributed by atoms with E-state index >= 15 is 0 Å². The van der Waals surface area contributed by atoms with Crippen LogP contribution in [0.2, 0.25) is 5.02 Å². The Labute approximate surface area is 112 Å². The Morgan fingerprint density at radius 2 is 1.89 bits per heavy atom. The second-order valence-electron chi connectivity index (χ2n) is 4.17. The Kier molecular flexibility index (Phi) is 4.24. The quantitative estimate of drug-likeness (QED) is 0.905. The van der Waals surface area contributed by atoms with Crippen molar-refractivity contribution in [3.05, 3.63) is 58.6 Å². The Morgan fingerprint density at radius 3 is 2.56 bits per heavy atom. The molecule has 0 bridgehead atoms. The molecule has 3 heteroatoms. The van der Waals surface area contributed by atoms with Gasteiger partial charge in [0.05, 0.1) is 5.02 Å². The lowest BCUT2D eigenvalue weighted by molar-refractivity contribution is 0.479. The summed E-state index contributed by atoms with van der Waals surface area (Å²) in [6.07, 6.45) is 0.882. The third kappa shape index (κ3) is 3.03. The lowest BCUT2D eigenvalue weighted by Gasteiger charge is -2.11. The van der Waals surface area contributed by atoms with Crippen LogP contribution in [0.4, 0.5) is 0 Å². The third-order valence-corrected chi connectivity index (χ3v) is 3.04. The monoisotopic (exact) mass is 261 g/mol. The molecule has 94 valence electrons. The maximum atomic E-state index is 6.07. The van der Waals surface area contributed by atoms with Crippen LogP contribution in [0.15, 0.2) is 42.5 Å². The normalized spacial score (nSPS) is 10.4. The topological polar surface area (TPSA) is 35.2 Å². The van der Waals surface area contributed by atoms with E-state index in [4.69, 9.17) is 22.1 Å². The van der Waals surface area contributed by atoms with E-state index in [1.54, 1.807) is 0 Å². The number of benzene rings is 2. The number of rotatable bonds is 4. The Hall–Kier alpha value is -1.51. The van der Waals surface area contributed by atoms with Crippen LogP contribution in [0.5, 0.6) is 11.5 Å². The van der Waals surface area contributed by atoms with Crippen LogP contribution in [0, 0.1) is 6.92 Å². The molecule has 18 heavy (non-hydrogen) atoms. The van der Waals surface area contributed by atoms with E-state index in [1.807, 2.05) is 43.3 Å². The molecule has 0 radical (unpaired) electrons. The van der Waals surface area contributed by atoms with Gasteiger partial charge in [0.15, 0.2) is 0 Å². The molecule has 0 heterocycles. The van der Waals surface area contributed by atoms with Crippen LogP contribution < -0.4 is 10.5 Å². The van der Waals surface area contributed by atoms with Crippen molar-refractivity contribution in [2.45, 2.75) is 13.3 Å². The van der Waals surface area contributed by atoms with Gasteiger partial charge in [-0.1, -0.05) is 35.9 Å². The molecule has 0 aliphatic rings. The molecule has 0 atom stereocenters. The van der Waals surface area contributed by atoms with Crippen LogP contribution in [-0.2, 0) is 6.42 Å². The molecule has 2 aromatic carbocycles. The summed E-state index contributed by atoms with van der Waals surface area (Å²) >= 11 is 6.07. The number of nitrogens with two attached hydrogens (primary N) is 1. The van der Waals surface area contributed by atoms with Gasteiger partial charge in [0.25, 0.3) is 0 Å². The molecule has 0 aromatic heterocycles. The molecular formula is C15H16ClNO. The van der Waals surface area contributed by atoms with Gasteiger partial charge in [-0.25, -0.2) is 0 Å². The van der Waals surface area contributed by atoms with E-state index < -0.39 is 0 Å². The maximum Gasteiger partial charge on any atom is 0.146 e. The SMILES string of the molecule is Cc1cc(CCN)ccc1Oc1ccccc1Cl. The zero-order valence-corrected chi connectivity index (χ0v) is 11.1.